The number of hydrogen-bond donors (Lipinski definition) is 2. The first-order chi connectivity index (χ1) is 12.7. The third kappa shape index (κ3) is 4.42. The molecule has 0 aliphatic rings. The predicted octanol–water partition coefficient (Wildman–Crippen LogP) is 3.67. The van der Waals surface area contributed by atoms with Crippen molar-refractivity contribution in [1.82, 2.24) is 10.2 Å². The number of aromatic nitrogens is 2. The van der Waals surface area contributed by atoms with Crippen molar-refractivity contribution in [1.29, 1.82) is 0 Å². The topological polar surface area (TPSA) is 76.2 Å². The van der Waals surface area contributed by atoms with E-state index < -0.39 is 0 Å². The van der Waals surface area contributed by atoms with Crippen LogP contribution in [0.25, 0.3) is 11.3 Å². The van der Waals surface area contributed by atoms with E-state index >= 15 is 0 Å². The van der Waals surface area contributed by atoms with Crippen LogP contribution in [0.1, 0.15) is 12.0 Å². The van der Waals surface area contributed by atoms with Crippen molar-refractivity contribution in [2.24, 2.45) is 0 Å². The molecule has 0 fully saturated rings. The SMILES string of the molecule is COc1cc(CCC(=O)Nc2cccc(-c3ccn[nH]3)c2)cc(OC)c1. The number of rotatable bonds is 7. The lowest BCUT2D eigenvalue weighted by Gasteiger charge is -2.09. The van der Waals surface area contributed by atoms with E-state index in [1.165, 1.54) is 0 Å². The second-order valence-electron chi connectivity index (χ2n) is 5.82. The summed E-state index contributed by atoms with van der Waals surface area (Å²) in [5.41, 5.74) is 3.62. The molecule has 134 valence electrons. The number of amides is 1. The van der Waals surface area contributed by atoms with Gasteiger partial charge in [-0.15, -0.1) is 0 Å². The number of nitrogens with one attached hydrogen (secondary N) is 2. The molecule has 0 spiro atoms. The Kier molecular flexibility index (Phi) is 5.53. The standard InChI is InChI=1S/C20H21N3O3/c1-25-17-10-14(11-18(13-17)26-2)6-7-20(24)22-16-5-3-4-15(12-16)19-8-9-21-23-19/h3-5,8-13H,6-7H2,1-2H3,(H,21,23)(H,22,24). The largest absolute Gasteiger partial charge is 0.497 e. The molecule has 2 aromatic carbocycles. The molecule has 3 rings (SSSR count). The van der Waals surface area contributed by atoms with Crippen molar-refractivity contribution in [2.75, 3.05) is 19.5 Å². The van der Waals surface area contributed by atoms with Gasteiger partial charge in [-0.1, -0.05) is 12.1 Å². The van der Waals surface area contributed by atoms with E-state index in [0.29, 0.717) is 24.3 Å². The molecule has 2 N–H and O–H groups in total. The number of hydrogen-bond acceptors (Lipinski definition) is 4. The Balaban J connectivity index is 1.62. The third-order valence-electron chi connectivity index (χ3n) is 4.01. The van der Waals surface area contributed by atoms with Gasteiger partial charge < -0.3 is 14.8 Å². The van der Waals surface area contributed by atoms with Crippen LogP contribution in [0.4, 0.5) is 5.69 Å². The van der Waals surface area contributed by atoms with E-state index in [2.05, 4.69) is 15.5 Å². The fraction of sp³-hybridized carbons (Fsp3) is 0.200. The van der Waals surface area contributed by atoms with E-state index in [-0.39, 0.29) is 5.91 Å². The molecule has 6 nitrogen and oxygen atoms in total. The monoisotopic (exact) mass is 351 g/mol. The summed E-state index contributed by atoms with van der Waals surface area (Å²) in [7, 11) is 3.22. The molecule has 1 heterocycles. The Bertz CT molecular complexity index is 854. The van der Waals surface area contributed by atoms with Gasteiger partial charge in [-0.2, -0.15) is 5.10 Å². The maximum absolute atomic E-state index is 12.3. The van der Waals surface area contributed by atoms with Gasteiger partial charge in [0, 0.05) is 29.9 Å². The average Bonchev–Trinajstić information content (AvgIpc) is 3.21. The Hall–Kier alpha value is -3.28. The summed E-state index contributed by atoms with van der Waals surface area (Å²) in [6.07, 6.45) is 2.66. The van der Waals surface area contributed by atoms with Crippen LogP contribution in [0.15, 0.2) is 54.7 Å². The van der Waals surface area contributed by atoms with E-state index in [1.807, 2.05) is 48.5 Å². The van der Waals surface area contributed by atoms with Crippen LogP contribution in [-0.2, 0) is 11.2 Å². The van der Waals surface area contributed by atoms with Crippen LogP contribution >= 0.6 is 0 Å². The Labute approximate surface area is 152 Å². The Morgan fingerprint density at radius 1 is 1.08 bits per heavy atom. The number of H-pyrrole nitrogens is 1. The van der Waals surface area contributed by atoms with Crippen LogP contribution in [-0.4, -0.2) is 30.3 Å². The van der Waals surface area contributed by atoms with E-state index in [0.717, 1.165) is 22.5 Å². The quantitative estimate of drug-likeness (QED) is 0.681. The molecule has 0 aliphatic heterocycles. The number of carbonyl (C=O) groups is 1. The van der Waals surface area contributed by atoms with Crippen LogP contribution in [0, 0.1) is 0 Å². The van der Waals surface area contributed by atoms with E-state index in [4.69, 9.17) is 9.47 Å². The minimum absolute atomic E-state index is 0.0476. The summed E-state index contributed by atoms with van der Waals surface area (Å²) in [6.45, 7) is 0. The minimum Gasteiger partial charge on any atom is -0.497 e. The molecule has 0 saturated carbocycles. The lowest BCUT2D eigenvalue weighted by Crippen LogP contribution is -2.12. The molecule has 0 unspecified atom stereocenters. The summed E-state index contributed by atoms with van der Waals surface area (Å²) in [5.74, 6) is 1.38. The van der Waals surface area contributed by atoms with Crippen LogP contribution in [0.3, 0.4) is 0 Å². The lowest BCUT2D eigenvalue weighted by atomic mass is 10.1. The maximum Gasteiger partial charge on any atom is 0.224 e. The number of ether oxygens (including phenoxy) is 2. The van der Waals surface area contributed by atoms with Gasteiger partial charge in [0.25, 0.3) is 0 Å². The minimum atomic E-state index is -0.0476. The summed E-state index contributed by atoms with van der Waals surface area (Å²) in [6, 6.07) is 15.2. The van der Waals surface area contributed by atoms with Crippen molar-refractivity contribution >= 4 is 11.6 Å². The molecule has 0 bridgehead atoms. The summed E-state index contributed by atoms with van der Waals surface area (Å²) in [4.78, 5) is 12.3. The fourth-order valence-electron chi connectivity index (χ4n) is 2.67. The zero-order valence-electron chi connectivity index (χ0n) is 14.8. The van der Waals surface area contributed by atoms with Crippen LogP contribution in [0.2, 0.25) is 0 Å². The third-order valence-corrected chi connectivity index (χ3v) is 4.01. The number of anilines is 1. The summed E-state index contributed by atoms with van der Waals surface area (Å²) in [5, 5.41) is 9.80. The normalized spacial score (nSPS) is 10.4. The van der Waals surface area contributed by atoms with Gasteiger partial charge in [0.1, 0.15) is 11.5 Å². The molecule has 0 radical (unpaired) electrons. The molecule has 0 aliphatic carbocycles. The fourth-order valence-corrected chi connectivity index (χ4v) is 2.67. The molecule has 0 saturated heterocycles. The Morgan fingerprint density at radius 2 is 1.85 bits per heavy atom. The highest BCUT2D eigenvalue weighted by molar-refractivity contribution is 5.91. The number of aromatic amines is 1. The molecule has 3 aromatic rings. The smallest absolute Gasteiger partial charge is 0.224 e. The van der Waals surface area contributed by atoms with Gasteiger partial charge in [0.2, 0.25) is 5.91 Å². The van der Waals surface area contributed by atoms with Crippen molar-refractivity contribution in [3.8, 4) is 22.8 Å². The van der Waals surface area contributed by atoms with Gasteiger partial charge >= 0.3 is 0 Å². The maximum atomic E-state index is 12.3. The highest BCUT2D eigenvalue weighted by Gasteiger charge is 2.07. The highest BCUT2D eigenvalue weighted by Crippen LogP contribution is 2.24. The summed E-state index contributed by atoms with van der Waals surface area (Å²) < 4.78 is 10.5. The lowest BCUT2D eigenvalue weighted by molar-refractivity contribution is -0.116. The first kappa shape index (κ1) is 17.5. The molecule has 0 atom stereocenters. The number of benzene rings is 2. The second-order valence-corrected chi connectivity index (χ2v) is 5.82. The highest BCUT2D eigenvalue weighted by atomic mass is 16.5. The van der Waals surface area contributed by atoms with Crippen molar-refractivity contribution in [3.63, 3.8) is 0 Å². The molecule has 26 heavy (non-hydrogen) atoms. The van der Waals surface area contributed by atoms with E-state index in [1.54, 1.807) is 20.4 Å². The molecular weight excluding hydrogens is 330 g/mol. The molecule has 1 aromatic heterocycles. The number of nitrogens with zero attached hydrogens (tertiary/aromatic N) is 1. The number of methoxy groups -OCH3 is 2. The van der Waals surface area contributed by atoms with Crippen LogP contribution < -0.4 is 14.8 Å². The zero-order chi connectivity index (χ0) is 18.4. The first-order valence-electron chi connectivity index (χ1n) is 8.29. The molecular formula is C20H21N3O3. The predicted molar refractivity (Wildman–Crippen MR) is 101 cm³/mol. The zero-order valence-corrected chi connectivity index (χ0v) is 14.8. The number of aryl methyl sites for hydroxylation is 1. The van der Waals surface area contributed by atoms with Gasteiger partial charge in [0.05, 0.1) is 19.9 Å². The molecule has 6 heteroatoms. The van der Waals surface area contributed by atoms with Crippen LogP contribution in [0.5, 0.6) is 11.5 Å². The van der Waals surface area contributed by atoms with Gasteiger partial charge in [-0.05, 0) is 42.3 Å². The van der Waals surface area contributed by atoms with E-state index in [9.17, 15) is 4.79 Å². The Morgan fingerprint density at radius 3 is 2.50 bits per heavy atom. The van der Waals surface area contributed by atoms with Crippen molar-refractivity contribution < 1.29 is 14.3 Å². The van der Waals surface area contributed by atoms with Crippen molar-refractivity contribution in [2.45, 2.75) is 12.8 Å². The second kappa shape index (κ2) is 8.20. The van der Waals surface area contributed by atoms with Gasteiger partial charge in [-0.3, -0.25) is 9.89 Å². The summed E-state index contributed by atoms with van der Waals surface area (Å²) >= 11 is 0. The molecule has 1 amide bonds. The average molecular weight is 351 g/mol. The van der Waals surface area contributed by atoms with Crippen molar-refractivity contribution in [3.05, 3.63) is 60.3 Å². The van der Waals surface area contributed by atoms with Gasteiger partial charge in [-0.25, -0.2) is 0 Å². The first-order valence-corrected chi connectivity index (χ1v) is 8.29. The number of carbonyl (C=O) groups excluding carboxylic acids is 1. The van der Waals surface area contributed by atoms with Gasteiger partial charge in [0.15, 0.2) is 0 Å².